The van der Waals surface area contributed by atoms with Gasteiger partial charge in [0.1, 0.15) is 5.82 Å². The normalized spacial score (nSPS) is 12.4. The summed E-state index contributed by atoms with van der Waals surface area (Å²) in [5.74, 6) is 2.67. The lowest BCUT2D eigenvalue weighted by Crippen LogP contribution is -2.14. The molecular formula is C10H17N3S. The Morgan fingerprint density at radius 3 is 3.07 bits per heavy atom. The quantitative estimate of drug-likeness (QED) is 0.783. The molecule has 3 nitrogen and oxygen atoms in total. The summed E-state index contributed by atoms with van der Waals surface area (Å²) < 4.78 is 0. The molecule has 3 N–H and O–H groups in total. The van der Waals surface area contributed by atoms with Gasteiger partial charge in [-0.05, 0) is 24.0 Å². The number of hydrogen-bond acceptors (Lipinski definition) is 4. The second kappa shape index (κ2) is 5.75. The Morgan fingerprint density at radius 2 is 2.43 bits per heavy atom. The number of nitrogen functional groups attached to an aromatic ring is 1. The largest absolute Gasteiger partial charge is 0.399 e. The third kappa shape index (κ3) is 3.87. The highest BCUT2D eigenvalue weighted by Crippen LogP contribution is 2.10. The van der Waals surface area contributed by atoms with E-state index in [4.69, 9.17) is 5.73 Å². The highest BCUT2D eigenvalue weighted by atomic mass is 32.2. The molecule has 0 aliphatic rings. The molecule has 0 fully saturated rings. The van der Waals surface area contributed by atoms with E-state index in [1.54, 1.807) is 12.3 Å². The molecule has 0 saturated heterocycles. The van der Waals surface area contributed by atoms with Crippen LogP contribution in [0.15, 0.2) is 18.3 Å². The Labute approximate surface area is 89.5 Å². The maximum absolute atomic E-state index is 5.64. The van der Waals surface area contributed by atoms with Crippen LogP contribution in [-0.4, -0.2) is 23.5 Å². The topological polar surface area (TPSA) is 50.9 Å². The summed E-state index contributed by atoms with van der Waals surface area (Å²) in [5.41, 5.74) is 6.39. The molecule has 0 aliphatic carbocycles. The van der Waals surface area contributed by atoms with Gasteiger partial charge in [0.05, 0.1) is 0 Å². The van der Waals surface area contributed by atoms with Gasteiger partial charge in [-0.2, -0.15) is 11.8 Å². The third-order valence-corrected chi connectivity index (χ3v) is 2.77. The number of thioether (sulfide) groups is 1. The predicted molar refractivity (Wildman–Crippen MR) is 64.7 cm³/mol. The van der Waals surface area contributed by atoms with Crippen LogP contribution in [0.25, 0.3) is 0 Å². The van der Waals surface area contributed by atoms with Crippen LogP contribution in [0.4, 0.5) is 11.5 Å². The fourth-order valence-corrected chi connectivity index (χ4v) is 1.85. The Bertz CT molecular complexity index is 278. The van der Waals surface area contributed by atoms with Crippen molar-refractivity contribution in [3.63, 3.8) is 0 Å². The second-order valence-electron chi connectivity index (χ2n) is 3.42. The molecule has 1 atom stereocenters. The number of aromatic nitrogens is 1. The molecule has 1 unspecified atom stereocenters. The fourth-order valence-electron chi connectivity index (χ4n) is 1.17. The standard InChI is InChI=1S/C10H17N3S/c1-8(7-14-2)6-13-10-5-9(11)3-4-12-10/h3-5,8H,6-7H2,1-2H3,(H3,11,12,13). The summed E-state index contributed by atoms with van der Waals surface area (Å²) in [6, 6.07) is 3.64. The Morgan fingerprint density at radius 1 is 1.64 bits per heavy atom. The van der Waals surface area contributed by atoms with Crippen LogP contribution in [0.5, 0.6) is 0 Å². The molecule has 78 valence electrons. The molecule has 0 amide bonds. The van der Waals surface area contributed by atoms with Crippen molar-refractivity contribution in [2.24, 2.45) is 5.92 Å². The average Bonchev–Trinajstić information content (AvgIpc) is 2.15. The molecule has 0 aliphatic heterocycles. The first-order valence-electron chi connectivity index (χ1n) is 4.66. The van der Waals surface area contributed by atoms with E-state index in [1.807, 2.05) is 17.8 Å². The van der Waals surface area contributed by atoms with Gasteiger partial charge in [-0.3, -0.25) is 0 Å². The summed E-state index contributed by atoms with van der Waals surface area (Å²) in [4.78, 5) is 4.17. The predicted octanol–water partition coefficient (Wildman–Crippen LogP) is 2.07. The molecular weight excluding hydrogens is 194 g/mol. The van der Waals surface area contributed by atoms with Crippen molar-refractivity contribution in [2.45, 2.75) is 6.92 Å². The van der Waals surface area contributed by atoms with E-state index in [0.29, 0.717) is 5.92 Å². The van der Waals surface area contributed by atoms with Crippen molar-refractivity contribution < 1.29 is 0 Å². The summed E-state index contributed by atoms with van der Waals surface area (Å²) >= 11 is 1.86. The molecule has 14 heavy (non-hydrogen) atoms. The van der Waals surface area contributed by atoms with Gasteiger partial charge in [0.2, 0.25) is 0 Å². The van der Waals surface area contributed by atoms with Gasteiger partial charge in [-0.25, -0.2) is 4.98 Å². The van der Waals surface area contributed by atoms with E-state index in [9.17, 15) is 0 Å². The zero-order valence-electron chi connectivity index (χ0n) is 8.66. The SMILES string of the molecule is CSCC(C)CNc1cc(N)ccn1. The highest BCUT2D eigenvalue weighted by molar-refractivity contribution is 7.98. The maximum atomic E-state index is 5.64. The molecule has 1 rings (SSSR count). The monoisotopic (exact) mass is 211 g/mol. The Hall–Kier alpha value is -0.900. The molecule has 0 spiro atoms. The summed E-state index contributed by atoms with van der Waals surface area (Å²) in [6.07, 6.45) is 3.84. The van der Waals surface area contributed by atoms with Crippen molar-refractivity contribution in [1.82, 2.24) is 4.98 Å². The number of anilines is 2. The van der Waals surface area contributed by atoms with Crippen LogP contribution >= 0.6 is 11.8 Å². The van der Waals surface area contributed by atoms with Crippen molar-refractivity contribution in [3.05, 3.63) is 18.3 Å². The van der Waals surface area contributed by atoms with Crippen LogP contribution in [0.1, 0.15) is 6.92 Å². The van der Waals surface area contributed by atoms with E-state index in [-0.39, 0.29) is 0 Å². The summed E-state index contributed by atoms with van der Waals surface area (Å²) in [7, 11) is 0. The fraction of sp³-hybridized carbons (Fsp3) is 0.500. The number of nitrogens with zero attached hydrogens (tertiary/aromatic N) is 1. The maximum Gasteiger partial charge on any atom is 0.127 e. The second-order valence-corrected chi connectivity index (χ2v) is 4.33. The summed E-state index contributed by atoms with van der Waals surface area (Å²) in [5, 5.41) is 3.27. The van der Waals surface area contributed by atoms with Gasteiger partial charge in [0.25, 0.3) is 0 Å². The minimum absolute atomic E-state index is 0.647. The van der Waals surface area contributed by atoms with Gasteiger partial charge in [0, 0.05) is 24.5 Å². The van der Waals surface area contributed by atoms with Gasteiger partial charge in [0.15, 0.2) is 0 Å². The average molecular weight is 211 g/mol. The first-order chi connectivity index (χ1) is 6.72. The van der Waals surface area contributed by atoms with E-state index < -0.39 is 0 Å². The lowest BCUT2D eigenvalue weighted by atomic mass is 10.2. The van der Waals surface area contributed by atoms with E-state index in [1.165, 1.54) is 0 Å². The van der Waals surface area contributed by atoms with Crippen LogP contribution in [-0.2, 0) is 0 Å². The van der Waals surface area contributed by atoms with E-state index in [2.05, 4.69) is 23.5 Å². The van der Waals surface area contributed by atoms with Crippen LogP contribution in [0.2, 0.25) is 0 Å². The Kier molecular flexibility index (Phi) is 4.59. The van der Waals surface area contributed by atoms with Crippen molar-refractivity contribution >= 4 is 23.3 Å². The van der Waals surface area contributed by atoms with Crippen LogP contribution in [0, 0.1) is 5.92 Å². The first-order valence-corrected chi connectivity index (χ1v) is 6.06. The smallest absolute Gasteiger partial charge is 0.127 e. The summed E-state index contributed by atoms with van der Waals surface area (Å²) in [6.45, 7) is 3.16. The molecule has 0 bridgehead atoms. The number of nitrogens with two attached hydrogens (primary N) is 1. The van der Waals surface area contributed by atoms with E-state index >= 15 is 0 Å². The lowest BCUT2D eigenvalue weighted by molar-refractivity contribution is 0.699. The van der Waals surface area contributed by atoms with Gasteiger partial charge >= 0.3 is 0 Å². The molecule has 1 aromatic heterocycles. The number of nitrogens with one attached hydrogen (secondary N) is 1. The van der Waals surface area contributed by atoms with E-state index in [0.717, 1.165) is 23.8 Å². The molecule has 0 saturated carbocycles. The molecule has 0 aromatic carbocycles. The van der Waals surface area contributed by atoms with Gasteiger partial charge in [-0.1, -0.05) is 6.92 Å². The number of hydrogen-bond donors (Lipinski definition) is 2. The molecule has 4 heteroatoms. The van der Waals surface area contributed by atoms with Gasteiger partial charge < -0.3 is 11.1 Å². The van der Waals surface area contributed by atoms with Crippen LogP contribution < -0.4 is 11.1 Å². The van der Waals surface area contributed by atoms with Crippen molar-refractivity contribution in [3.8, 4) is 0 Å². The van der Waals surface area contributed by atoms with Crippen LogP contribution in [0.3, 0.4) is 0 Å². The highest BCUT2D eigenvalue weighted by Gasteiger charge is 2.01. The zero-order valence-corrected chi connectivity index (χ0v) is 9.47. The lowest BCUT2D eigenvalue weighted by Gasteiger charge is -2.11. The Balaban J connectivity index is 2.37. The minimum atomic E-state index is 0.647. The van der Waals surface area contributed by atoms with Crippen molar-refractivity contribution in [2.75, 3.05) is 29.6 Å². The van der Waals surface area contributed by atoms with Gasteiger partial charge in [-0.15, -0.1) is 0 Å². The van der Waals surface area contributed by atoms with Crippen molar-refractivity contribution in [1.29, 1.82) is 0 Å². The molecule has 1 heterocycles. The number of rotatable bonds is 5. The molecule has 0 radical (unpaired) electrons. The third-order valence-electron chi connectivity index (χ3n) is 1.87. The molecule has 1 aromatic rings. The minimum Gasteiger partial charge on any atom is -0.399 e. The zero-order chi connectivity index (χ0) is 10.4. The first kappa shape index (κ1) is 11.2. The number of pyridine rings is 1.